The Hall–Kier alpha value is -1.85. The van der Waals surface area contributed by atoms with Gasteiger partial charge in [-0.1, -0.05) is 18.2 Å². The van der Waals surface area contributed by atoms with Crippen molar-refractivity contribution in [2.45, 2.75) is 0 Å². The van der Waals surface area contributed by atoms with E-state index < -0.39 is 0 Å². The maximum absolute atomic E-state index is 12.5. The average molecular weight is 287 g/mol. The summed E-state index contributed by atoms with van der Waals surface area (Å²) in [4.78, 5) is 20.0. The Bertz CT molecular complexity index is 582. The summed E-state index contributed by atoms with van der Waals surface area (Å²) in [5.41, 5.74) is 1.70. The van der Waals surface area contributed by atoms with E-state index in [1.807, 2.05) is 35.2 Å². The van der Waals surface area contributed by atoms with Crippen molar-refractivity contribution >= 4 is 16.8 Å². The number of hydrogen-bond donors (Lipinski definition) is 1. The van der Waals surface area contributed by atoms with Gasteiger partial charge in [-0.25, -0.2) is 0 Å². The van der Waals surface area contributed by atoms with Gasteiger partial charge in [-0.3, -0.25) is 9.69 Å². The maximum atomic E-state index is 12.5. The zero-order valence-electron chi connectivity index (χ0n) is 12.3. The maximum Gasteiger partial charge on any atom is 0.270 e. The number of amides is 1. The van der Waals surface area contributed by atoms with Crippen LogP contribution < -0.4 is 0 Å². The molecule has 0 saturated carbocycles. The fourth-order valence-corrected chi connectivity index (χ4v) is 2.75. The number of fused-ring (bicyclic) bond motifs is 1. The first-order chi connectivity index (χ1) is 10.3. The number of piperazine rings is 1. The number of hydrogen-bond acceptors (Lipinski definition) is 3. The highest BCUT2D eigenvalue weighted by Crippen LogP contribution is 2.16. The highest BCUT2D eigenvalue weighted by atomic mass is 16.5. The lowest BCUT2D eigenvalue weighted by atomic mass is 10.2. The van der Waals surface area contributed by atoms with Crippen LogP contribution in [0, 0.1) is 0 Å². The number of H-pyrrole nitrogens is 1. The van der Waals surface area contributed by atoms with Gasteiger partial charge in [0, 0.05) is 50.7 Å². The smallest absolute Gasteiger partial charge is 0.270 e. The molecule has 1 amide bonds. The molecule has 2 aromatic rings. The number of aromatic amines is 1. The van der Waals surface area contributed by atoms with Gasteiger partial charge < -0.3 is 14.6 Å². The van der Waals surface area contributed by atoms with E-state index in [1.165, 1.54) is 0 Å². The second-order valence-electron chi connectivity index (χ2n) is 5.40. The lowest BCUT2D eigenvalue weighted by Crippen LogP contribution is -2.49. The Balaban J connectivity index is 1.63. The Kier molecular flexibility index (Phi) is 4.22. The van der Waals surface area contributed by atoms with E-state index in [2.05, 4.69) is 9.88 Å². The molecular formula is C16H21N3O2. The summed E-state index contributed by atoms with van der Waals surface area (Å²) in [5.74, 6) is 0.0950. The van der Waals surface area contributed by atoms with Crippen molar-refractivity contribution in [1.29, 1.82) is 0 Å². The predicted octanol–water partition coefficient (Wildman–Crippen LogP) is 1.57. The largest absolute Gasteiger partial charge is 0.383 e. The molecule has 0 aliphatic carbocycles. The molecule has 1 N–H and O–H groups in total. The summed E-state index contributed by atoms with van der Waals surface area (Å²) in [5, 5.41) is 1.08. The Morgan fingerprint density at radius 3 is 2.71 bits per heavy atom. The van der Waals surface area contributed by atoms with Gasteiger partial charge in [-0.05, 0) is 12.1 Å². The minimum absolute atomic E-state index is 0.0950. The first-order valence-electron chi connectivity index (χ1n) is 7.36. The SMILES string of the molecule is COCCN1CCN(C(=O)c2cc3ccccc3[nH]2)CC1. The first kappa shape index (κ1) is 14.1. The van der Waals surface area contributed by atoms with E-state index in [0.29, 0.717) is 5.69 Å². The zero-order chi connectivity index (χ0) is 14.7. The molecule has 21 heavy (non-hydrogen) atoms. The molecule has 0 bridgehead atoms. The molecule has 0 spiro atoms. The number of nitrogens with one attached hydrogen (secondary N) is 1. The molecule has 3 rings (SSSR count). The predicted molar refractivity (Wildman–Crippen MR) is 82.5 cm³/mol. The minimum Gasteiger partial charge on any atom is -0.383 e. The monoisotopic (exact) mass is 287 g/mol. The van der Waals surface area contributed by atoms with E-state index in [-0.39, 0.29) is 5.91 Å². The lowest BCUT2D eigenvalue weighted by Gasteiger charge is -2.34. The van der Waals surface area contributed by atoms with Crippen LogP contribution in [0.3, 0.4) is 0 Å². The van der Waals surface area contributed by atoms with E-state index in [4.69, 9.17) is 4.74 Å². The van der Waals surface area contributed by atoms with Crippen molar-refractivity contribution in [3.63, 3.8) is 0 Å². The van der Waals surface area contributed by atoms with E-state index in [0.717, 1.165) is 50.2 Å². The van der Waals surface area contributed by atoms with Gasteiger partial charge in [-0.2, -0.15) is 0 Å². The van der Waals surface area contributed by atoms with Gasteiger partial charge in [0.25, 0.3) is 5.91 Å². The lowest BCUT2D eigenvalue weighted by molar-refractivity contribution is 0.0590. The number of aromatic nitrogens is 1. The molecule has 1 aliphatic heterocycles. The van der Waals surface area contributed by atoms with Crippen molar-refractivity contribution in [2.75, 3.05) is 46.4 Å². The zero-order valence-corrected chi connectivity index (χ0v) is 12.3. The second-order valence-corrected chi connectivity index (χ2v) is 5.40. The quantitative estimate of drug-likeness (QED) is 0.928. The molecule has 1 aromatic carbocycles. The summed E-state index contributed by atoms with van der Waals surface area (Å²) >= 11 is 0. The van der Waals surface area contributed by atoms with Crippen molar-refractivity contribution in [1.82, 2.24) is 14.8 Å². The highest BCUT2D eigenvalue weighted by molar-refractivity contribution is 5.98. The summed E-state index contributed by atoms with van der Waals surface area (Å²) in [6, 6.07) is 9.91. The van der Waals surface area contributed by atoms with Crippen molar-refractivity contribution in [3.8, 4) is 0 Å². The number of nitrogens with zero attached hydrogens (tertiary/aromatic N) is 2. The van der Waals surface area contributed by atoms with Crippen LogP contribution in [0.25, 0.3) is 10.9 Å². The van der Waals surface area contributed by atoms with Gasteiger partial charge in [-0.15, -0.1) is 0 Å². The summed E-state index contributed by atoms with van der Waals surface area (Å²) in [7, 11) is 1.72. The van der Waals surface area contributed by atoms with E-state index in [1.54, 1.807) is 7.11 Å². The molecule has 1 aliphatic rings. The Morgan fingerprint density at radius 1 is 1.24 bits per heavy atom. The Labute approximate surface area is 124 Å². The molecule has 0 atom stereocenters. The first-order valence-corrected chi connectivity index (χ1v) is 7.36. The fraction of sp³-hybridized carbons (Fsp3) is 0.438. The van der Waals surface area contributed by atoms with Gasteiger partial charge in [0.05, 0.1) is 6.61 Å². The van der Waals surface area contributed by atoms with E-state index in [9.17, 15) is 4.79 Å². The molecule has 0 unspecified atom stereocenters. The molecule has 112 valence electrons. The van der Waals surface area contributed by atoms with Crippen LogP contribution in [0.5, 0.6) is 0 Å². The summed E-state index contributed by atoms with van der Waals surface area (Å²) in [6.45, 7) is 5.06. The third-order valence-electron chi connectivity index (χ3n) is 4.03. The van der Waals surface area contributed by atoms with Crippen molar-refractivity contribution < 1.29 is 9.53 Å². The van der Waals surface area contributed by atoms with Gasteiger partial charge >= 0.3 is 0 Å². The number of para-hydroxylation sites is 1. The third kappa shape index (κ3) is 3.09. The normalized spacial score (nSPS) is 16.5. The number of rotatable bonds is 4. The highest BCUT2D eigenvalue weighted by Gasteiger charge is 2.22. The number of carbonyl (C=O) groups excluding carboxylic acids is 1. The van der Waals surface area contributed by atoms with Crippen LogP contribution in [-0.2, 0) is 4.74 Å². The van der Waals surface area contributed by atoms with Crippen molar-refractivity contribution in [2.24, 2.45) is 0 Å². The van der Waals surface area contributed by atoms with E-state index >= 15 is 0 Å². The molecule has 5 nitrogen and oxygen atoms in total. The molecular weight excluding hydrogens is 266 g/mol. The molecule has 1 saturated heterocycles. The standard InChI is InChI=1S/C16H21N3O2/c1-21-11-10-18-6-8-19(9-7-18)16(20)15-12-13-4-2-3-5-14(13)17-15/h2-5,12,17H,6-11H2,1H3. The number of methoxy groups -OCH3 is 1. The summed E-state index contributed by atoms with van der Waals surface area (Å²) < 4.78 is 5.09. The third-order valence-corrected chi connectivity index (χ3v) is 4.03. The van der Waals surface area contributed by atoms with Gasteiger partial charge in [0.15, 0.2) is 0 Å². The molecule has 2 heterocycles. The van der Waals surface area contributed by atoms with Crippen LogP contribution in [0.1, 0.15) is 10.5 Å². The minimum atomic E-state index is 0.0950. The van der Waals surface area contributed by atoms with Gasteiger partial charge in [0.1, 0.15) is 5.69 Å². The van der Waals surface area contributed by atoms with Crippen molar-refractivity contribution in [3.05, 3.63) is 36.0 Å². The fourth-order valence-electron chi connectivity index (χ4n) is 2.75. The van der Waals surface area contributed by atoms with Crippen LogP contribution in [0.2, 0.25) is 0 Å². The topological polar surface area (TPSA) is 48.6 Å². The number of benzene rings is 1. The van der Waals surface area contributed by atoms with Crippen LogP contribution in [-0.4, -0.2) is 67.1 Å². The van der Waals surface area contributed by atoms with Gasteiger partial charge in [0.2, 0.25) is 0 Å². The summed E-state index contributed by atoms with van der Waals surface area (Å²) in [6.07, 6.45) is 0. The molecule has 0 radical (unpaired) electrons. The molecule has 5 heteroatoms. The van der Waals surface area contributed by atoms with Crippen LogP contribution in [0.15, 0.2) is 30.3 Å². The number of ether oxygens (including phenoxy) is 1. The van der Waals surface area contributed by atoms with Crippen LogP contribution >= 0.6 is 0 Å². The second kappa shape index (κ2) is 6.28. The average Bonchev–Trinajstić information content (AvgIpc) is 2.96. The molecule has 1 fully saturated rings. The molecule has 1 aromatic heterocycles. The van der Waals surface area contributed by atoms with Crippen LogP contribution in [0.4, 0.5) is 0 Å². The Morgan fingerprint density at radius 2 is 2.00 bits per heavy atom. The number of carbonyl (C=O) groups is 1.